The molecule has 0 aromatic heterocycles. The van der Waals surface area contributed by atoms with Crippen LogP contribution in [0, 0.1) is 33.7 Å². The number of rotatable bonds is 30. The fourth-order valence-electron chi connectivity index (χ4n) is 11.2. The van der Waals surface area contributed by atoms with Crippen LogP contribution in [0.2, 0.25) is 0 Å². The van der Waals surface area contributed by atoms with Gasteiger partial charge in [-0.05, 0) is 97.0 Å². The minimum atomic E-state index is -1.50. The van der Waals surface area contributed by atoms with Crippen LogP contribution in [0.25, 0.3) is 0 Å². The number of fused-ring (bicyclic) bond motifs is 2. The number of nitrogens with zero attached hydrogens (tertiary/aromatic N) is 3. The van der Waals surface area contributed by atoms with Gasteiger partial charge in [-0.15, -0.1) is 6.58 Å². The van der Waals surface area contributed by atoms with Gasteiger partial charge in [-0.1, -0.05) is 137 Å². The summed E-state index contributed by atoms with van der Waals surface area (Å²) < 4.78 is 35.6. The summed E-state index contributed by atoms with van der Waals surface area (Å²) in [7, 11) is 0. The number of allylic oxidation sites excluding steroid dienone is 1. The van der Waals surface area contributed by atoms with E-state index in [1.165, 1.54) is 56.4 Å². The predicted octanol–water partition coefficient (Wildman–Crippen LogP) is 13.3. The largest absolute Gasteiger partial charge is 0.459 e. The third kappa shape index (κ3) is 13.8. The number of amides is 1. The maximum atomic E-state index is 15.3. The first-order valence-corrected chi connectivity index (χ1v) is 26.4. The number of unbranched alkanes of at least 4 members (excludes halogenated alkanes) is 10. The Balaban J connectivity index is 1.38. The normalized spacial score (nSPS) is 21.5. The summed E-state index contributed by atoms with van der Waals surface area (Å²) in [6.45, 7) is 6.88. The molecular formula is C59H74FN3O9. The summed E-state index contributed by atoms with van der Waals surface area (Å²) >= 11 is 0. The van der Waals surface area contributed by atoms with Crippen LogP contribution in [0.4, 0.5) is 10.1 Å². The second kappa shape index (κ2) is 27.2. The van der Waals surface area contributed by atoms with Crippen molar-refractivity contribution >= 4 is 17.3 Å². The van der Waals surface area contributed by atoms with Crippen molar-refractivity contribution in [3.05, 3.63) is 154 Å². The van der Waals surface area contributed by atoms with Gasteiger partial charge in [0.15, 0.2) is 0 Å². The highest BCUT2D eigenvalue weighted by Crippen LogP contribution is 2.62. The molecule has 4 aromatic carbocycles. The van der Waals surface area contributed by atoms with Gasteiger partial charge in [0, 0.05) is 50.1 Å². The molecule has 1 saturated carbocycles. The highest BCUT2D eigenvalue weighted by molar-refractivity contribution is 6.03. The van der Waals surface area contributed by atoms with Crippen molar-refractivity contribution in [2.24, 2.45) is 22.9 Å². The molecule has 4 aromatic rings. The van der Waals surface area contributed by atoms with Crippen molar-refractivity contribution in [3.63, 3.8) is 0 Å². The number of nitro benzene ring substituents is 1. The van der Waals surface area contributed by atoms with Crippen LogP contribution in [-0.2, 0) is 27.5 Å². The van der Waals surface area contributed by atoms with Crippen molar-refractivity contribution in [3.8, 4) is 17.2 Å². The lowest BCUT2D eigenvalue weighted by atomic mass is 9.55. The van der Waals surface area contributed by atoms with Gasteiger partial charge in [0.1, 0.15) is 35.7 Å². The lowest BCUT2D eigenvalue weighted by Gasteiger charge is -2.60. The van der Waals surface area contributed by atoms with Crippen LogP contribution < -0.4 is 9.47 Å². The molecule has 0 radical (unpaired) electrons. The molecule has 1 heterocycles. The monoisotopic (exact) mass is 988 g/mol. The van der Waals surface area contributed by atoms with Crippen molar-refractivity contribution in [2.75, 3.05) is 19.8 Å². The number of nitro groups is 1. The fraction of sp³-hybridized carbons (Fsp3) is 0.492. The van der Waals surface area contributed by atoms with E-state index in [-0.39, 0.29) is 74.6 Å². The van der Waals surface area contributed by atoms with Crippen molar-refractivity contribution < 1.29 is 43.4 Å². The van der Waals surface area contributed by atoms with Gasteiger partial charge in [-0.3, -0.25) is 14.9 Å². The topological polar surface area (TPSA) is 153 Å². The molecule has 6 unspecified atom stereocenters. The molecule has 386 valence electrons. The molecule has 0 saturated heterocycles. The molecule has 0 spiro atoms. The van der Waals surface area contributed by atoms with Crippen LogP contribution in [0.1, 0.15) is 139 Å². The van der Waals surface area contributed by atoms with E-state index in [1.54, 1.807) is 36.4 Å². The highest BCUT2D eigenvalue weighted by Gasteiger charge is 2.65. The molecule has 1 aliphatic heterocycles. The Morgan fingerprint density at radius 3 is 2.28 bits per heavy atom. The molecule has 1 amide bonds. The lowest BCUT2D eigenvalue weighted by molar-refractivity contribution is -0.384. The molecule has 1 fully saturated rings. The number of halogens is 1. The summed E-state index contributed by atoms with van der Waals surface area (Å²) in [6.07, 6.45) is 18.7. The first kappa shape index (κ1) is 53.9. The number of hydrogen-bond acceptors (Lipinski definition) is 10. The van der Waals surface area contributed by atoms with E-state index in [4.69, 9.17) is 24.2 Å². The number of carbonyl (C=O) groups is 1. The summed E-state index contributed by atoms with van der Waals surface area (Å²) in [5, 5.41) is 36.9. The minimum absolute atomic E-state index is 0.00429. The van der Waals surface area contributed by atoms with Crippen LogP contribution in [0.3, 0.4) is 0 Å². The van der Waals surface area contributed by atoms with Crippen molar-refractivity contribution in [1.82, 2.24) is 4.90 Å². The number of aliphatic hydroxyl groups excluding tert-OH is 2. The zero-order chi connectivity index (χ0) is 50.7. The fourth-order valence-corrected chi connectivity index (χ4v) is 11.2. The van der Waals surface area contributed by atoms with Gasteiger partial charge in [-0.2, -0.15) is 0 Å². The molecule has 2 N–H and O–H groups in total. The van der Waals surface area contributed by atoms with E-state index in [1.807, 2.05) is 47.4 Å². The molecule has 7 rings (SSSR count). The first-order valence-electron chi connectivity index (χ1n) is 26.4. The quantitative estimate of drug-likeness (QED) is 0.0225. The molecule has 0 bridgehead atoms. The number of hydrogen-bond donors (Lipinski definition) is 2. The Morgan fingerprint density at radius 1 is 0.861 bits per heavy atom. The van der Waals surface area contributed by atoms with Gasteiger partial charge in [0.2, 0.25) is 11.7 Å². The second-order valence-corrected chi connectivity index (χ2v) is 19.6. The van der Waals surface area contributed by atoms with Gasteiger partial charge in [-0.25, -0.2) is 4.39 Å². The lowest BCUT2D eigenvalue weighted by Crippen LogP contribution is -2.70. The van der Waals surface area contributed by atoms with Gasteiger partial charge in [0.25, 0.3) is 5.69 Å². The number of oxime groups is 1. The Kier molecular flexibility index (Phi) is 20.4. The van der Waals surface area contributed by atoms with E-state index in [9.17, 15) is 24.7 Å². The van der Waals surface area contributed by atoms with Crippen LogP contribution in [0.15, 0.2) is 127 Å². The SMILES string of the molecule is C=CCOC12Oc3ccc(Oc4cccc([N+](=O)[O-])c4)cc3C3C(CCCCO)C(CCCCO)C=C(C(=NOCc4ccccc4)CC1N(Cc1ccc(F)cc1)C(=O)CCCCCCCCCCC)C32. The summed E-state index contributed by atoms with van der Waals surface area (Å²) in [5.74, 6) is -1.58. The van der Waals surface area contributed by atoms with Crippen LogP contribution >= 0.6 is 0 Å². The molecule has 6 atom stereocenters. The Morgan fingerprint density at radius 2 is 1.57 bits per heavy atom. The summed E-state index contributed by atoms with van der Waals surface area (Å²) in [6, 6.07) is 27.0. The predicted molar refractivity (Wildman–Crippen MR) is 278 cm³/mol. The van der Waals surface area contributed by atoms with Crippen molar-refractivity contribution in [1.29, 1.82) is 0 Å². The molecule has 2 aliphatic carbocycles. The van der Waals surface area contributed by atoms with E-state index >= 15 is 4.79 Å². The van der Waals surface area contributed by atoms with E-state index in [0.29, 0.717) is 48.6 Å². The second-order valence-electron chi connectivity index (χ2n) is 19.6. The molecule has 72 heavy (non-hydrogen) atoms. The summed E-state index contributed by atoms with van der Waals surface area (Å²) in [5.41, 5.74) is 4.01. The standard InChI is InChI=1S/C59H74FN3O9/c1-3-5-6-7-8-9-10-11-15-27-56(66)62(41-43-28-30-46(60)31-29-43)55-40-53(61-70-42-44-21-13-12-14-22-44)51-37-45(23-16-18-34-64)50(26-17-19-35-65)57-52-39-49(71-48-25-20-24-47(38-48)63(67)68)32-33-54(52)72-59(55,58(51)57)69-36-4-2/h4,12-14,20-22,24-25,28-33,37-39,45,50,55,57-58,64-65H,2-3,5-11,15-19,23,26-27,34-36,40-42H2,1H3. The maximum Gasteiger partial charge on any atom is 0.273 e. The smallest absolute Gasteiger partial charge is 0.273 e. The zero-order valence-corrected chi connectivity index (χ0v) is 42.0. The molecular weight excluding hydrogens is 914 g/mol. The Hall–Kier alpha value is -5.89. The molecule has 12 nitrogen and oxygen atoms in total. The summed E-state index contributed by atoms with van der Waals surface area (Å²) in [4.78, 5) is 34.7. The average molecular weight is 988 g/mol. The third-order valence-electron chi connectivity index (χ3n) is 14.6. The Bertz CT molecular complexity index is 2430. The minimum Gasteiger partial charge on any atom is -0.459 e. The number of benzene rings is 4. The van der Waals surface area contributed by atoms with Gasteiger partial charge >= 0.3 is 0 Å². The number of non-ortho nitro benzene ring substituents is 1. The van der Waals surface area contributed by atoms with E-state index in [2.05, 4.69) is 19.6 Å². The van der Waals surface area contributed by atoms with Gasteiger partial charge in [0.05, 0.1) is 29.2 Å². The highest BCUT2D eigenvalue weighted by atomic mass is 19.1. The Labute approximate surface area is 425 Å². The van der Waals surface area contributed by atoms with Crippen LogP contribution in [0.5, 0.6) is 17.2 Å². The van der Waals surface area contributed by atoms with Gasteiger partial charge < -0.3 is 34.2 Å². The van der Waals surface area contributed by atoms with E-state index < -0.39 is 22.7 Å². The van der Waals surface area contributed by atoms with Crippen LogP contribution in [-0.4, -0.2) is 63.3 Å². The zero-order valence-electron chi connectivity index (χ0n) is 42.0. The van der Waals surface area contributed by atoms with E-state index in [0.717, 1.165) is 67.2 Å². The molecule has 13 heteroatoms. The maximum absolute atomic E-state index is 15.3. The molecule has 3 aliphatic rings. The first-order chi connectivity index (χ1) is 35.2. The number of carbonyl (C=O) groups excluding carboxylic acids is 1. The number of aliphatic hydroxyl groups is 2. The third-order valence-corrected chi connectivity index (χ3v) is 14.6. The van der Waals surface area contributed by atoms with Crippen molar-refractivity contribution in [2.45, 2.75) is 147 Å². The average Bonchev–Trinajstić information content (AvgIpc) is 3.39. The number of ether oxygens (including phenoxy) is 3.